The van der Waals surface area contributed by atoms with Gasteiger partial charge in [0.1, 0.15) is 11.5 Å². The summed E-state index contributed by atoms with van der Waals surface area (Å²) in [6, 6.07) is 6.83. The number of benzene rings is 1. The van der Waals surface area contributed by atoms with Gasteiger partial charge in [-0.2, -0.15) is 0 Å². The molecule has 1 aromatic heterocycles. The lowest BCUT2D eigenvalue weighted by Gasteiger charge is -2.14. The first-order valence-corrected chi connectivity index (χ1v) is 8.73. The zero-order valence-corrected chi connectivity index (χ0v) is 16.3. The number of carbonyl (C=O) groups excluding carboxylic acids is 2. The Hall–Kier alpha value is -2.28. The highest BCUT2D eigenvalue weighted by atomic mass is 79.9. The van der Waals surface area contributed by atoms with E-state index in [4.69, 9.17) is 4.42 Å². The summed E-state index contributed by atoms with van der Waals surface area (Å²) in [7, 11) is 0. The topological polar surface area (TPSA) is 83.4 Å². The molecule has 7 heteroatoms. The molecule has 0 saturated heterocycles. The summed E-state index contributed by atoms with van der Waals surface area (Å²) >= 11 is 3.38. The van der Waals surface area contributed by atoms with Crippen LogP contribution in [0.3, 0.4) is 0 Å². The van der Waals surface area contributed by atoms with E-state index in [2.05, 4.69) is 31.9 Å². The molecule has 0 saturated carbocycles. The standard InChI is InChI=1S/C18H22BrN3O3/c1-10-7-14(19)5-6-16(10)22-17(23)9-20-18(24)21-12(3)15-8-11(2)25-13(15)4/h5-8,12H,9H2,1-4H3,(H,22,23)(H2,20,21,24). The molecule has 0 aliphatic rings. The molecule has 3 N–H and O–H groups in total. The van der Waals surface area contributed by atoms with Crippen LogP contribution < -0.4 is 16.0 Å². The number of amides is 3. The Morgan fingerprint density at radius 1 is 1.20 bits per heavy atom. The quantitative estimate of drug-likeness (QED) is 0.700. The van der Waals surface area contributed by atoms with Gasteiger partial charge in [-0.15, -0.1) is 0 Å². The highest BCUT2D eigenvalue weighted by molar-refractivity contribution is 9.10. The molecule has 0 spiro atoms. The van der Waals surface area contributed by atoms with Gasteiger partial charge in [0.2, 0.25) is 5.91 Å². The Morgan fingerprint density at radius 3 is 2.52 bits per heavy atom. The summed E-state index contributed by atoms with van der Waals surface area (Å²) in [5, 5.41) is 8.12. The van der Waals surface area contributed by atoms with E-state index in [1.807, 2.05) is 52.0 Å². The van der Waals surface area contributed by atoms with Crippen molar-refractivity contribution >= 4 is 33.6 Å². The van der Waals surface area contributed by atoms with Crippen molar-refractivity contribution in [2.45, 2.75) is 33.7 Å². The fourth-order valence-electron chi connectivity index (χ4n) is 2.53. The number of hydrogen-bond donors (Lipinski definition) is 3. The highest BCUT2D eigenvalue weighted by Gasteiger charge is 2.15. The van der Waals surface area contributed by atoms with Gasteiger partial charge >= 0.3 is 6.03 Å². The molecule has 2 rings (SSSR count). The maximum Gasteiger partial charge on any atom is 0.315 e. The molecule has 2 aromatic rings. The fraction of sp³-hybridized carbons (Fsp3) is 0.333. The summed E-state index contributed by atoms with van der Waals surface area (Å²) in [5.74, 6) is 1.28. The van der Waals surface area contributed by atoms with Gasteiger partial charge in [0.05, 0.1) is 12.6 Å². The van der Waals surface area contributed by atoms with E-state index in [-0.39, 0.29) is 18.5 Å². The van der Waals surface area contributed by atoms with Crippen LogP contribution >= 0.6 is 15.9 Å². The molecule has 1 heterocycles. The van der Waals surface area contributed by atoms with Gasteiger partial charge in [-0.25, -0.2) is 4.79 Å². The molecular weight excluding hydrogens is 386 g/mol. The lowest BCUT2D eigenvalue weighted by molar-refractivity contribution is -0.115. The lowest BCUT2D eigenvalue weighted by atomic mass is 10.1. The fourth-order valence-corrected chi connectivity index (χ4v) is 3.00. The molecule has 1 unspecified atom stereocenters. The number of aryl methyl sites for hydroxylation is 3. The average molecular weight is 408 g/mol. The number of hydrogen-bond acceptors (Lipinski definition) is 3. The third-order valence-corrected chi connectivity index (χ3v) is 4.26. The molecule has 3 amide bonds. The van der Waals surface area contributed by atoms with Crippen LogP contribution in [-0.2, 0) is 4.79 Å². The number of halogens is 1. The zero-order chi connectivity index (χ0) is 18.6. The zero-order valence-electron chi connectivity index (χ0n) is 14.7. The van der Waals surface area contributed by atoms with Crippen LogP contribution in [0.1, 0.15) is 35.6 Å². The van der Waals surface area contributed by atoms with Gasteiger partial charge in [-0.3, -0.25) is 4.79 Å². The van der Waals surface area contributed by atoms with Crippen molar-refractivity contribution in [2.24, 2.45) is 0 Å². The van der Waals surface area contributed by atoms with Gasteiger partial charge in [0.25, 0.3) is 0 Å². The van der Waals surface area contributed by atoms with Crippen LogP contribution in [0.4, 0.5) is 10.5 Å². The second-order valence-corrected chi connectivity index (χ2v) is 6.84. The molecule has 0 aliphatic heterocycles. The molecule has 0 radical (unpaired) electrons. The van der Waals surface area contributed by atoms with Crippen molar-refractivity contribution in [3.8, 4) is 0 Å². The lowest BCUT2D eigenvalue weighted by Crippen LogP contribution is -2.41. The van der Waals surface area contributed by atoms with Crippen molar-refractivity contribution < 1.29 is 14.0 Å². The summed E-state index contributed by atoms with van der Waals surface area (Å²) in [6.45, 7) is 7.36. The number of anilines is 1. The predicted molar refractivity (Wildman–Crippen MR) is 101 cm³/mol. The monoisotopic (exact) mass is 407 g/mol. The largest absolute Gasteiger partial charge is 0.466 e. The van der Waals surface area contributed by atoms with Crippen LogP contribution in [0.15, 0.2) is 33.2 Å². The van der Waals surface area contributed by atoms with Gasteiger partial charge in [-0.05, 0) is 57.5 Å². The predicted octanol–water partition coefficient (Wildman–Crippen LogP) is 3.97. The molecule has 0 bridgehead atoms. The third-order valence-electron chi connectivity index (χ3n) is 3.77. The van der Waals surface area contributed by atoms with E-state index < -0.39 is 6.03 Å². The minimum atomic E-state index is -0.409. The molecule has 0 aliphatic carbocycles. The van der Waals surface area contributed by atoms with E-state index in [1.54, 1.807) is 0 Å². The SMILES string of the molecule is Cc1cc(C(C)NC(=O)NCC(=O)Nc2ccc(Br)cc2C)c(C)o1. The van der Waals surface area contributed by atoms with Crippen molar-refractivity contribution in [2.75, 3.05) is 11.9 Å². The molecule has 134 valence electrons. The van der Waals surface area contributed by atoms with Crippen LogP contribution in [0, 0.1) is 20.8 Å². The third kappa shape index (κ3) is 5.35. The first-order valence-electron chi connectivity index (χ1n) is 7.93. The summed E-state index contributed by atoms with van der Waals surface area (Å²) in [6.07, 6.45) is 0. The number of urea groups is 1. The number of carbonyl (C=O) groups is 2. The molecule has 0 fully saturated rings. The summed E-state index contributed by atoms with van der Waals surface area (Å²) < 4.78 is 6.41. The van der Waals surface area contributed by atoms with Gasteiger partial charge in [0.15, 0.2) is 0 Å². The molecule has 1 atom stereocenters. The summed E-state index contributed by atoms with van der Waals surface area (Å²) in [5.41, 5.74) is 2.57. The van der Waals surface area contributed by atoms with Gasteiger partial charge < -0.3 is 20.4 Å². The van der Waals surface area contributed by atoms with E-state index in [0.717, 1.165) is 27.1 Å². The van der Waals surface area contributed by atoms with Gasteiger partial charge in [-0.1, -0.05) is 15.9 Å². The van der Waals surface area contributed by atoms with E-state index in [1.165, 1.54) is 0 Å². The Labute approximate surface area is 155 Å². The Kier molecular flexibility index (Phi) is 6.25. The van der Waals surface area contributed by atoms with E-state index >= 15 is 0 Å². The normalized spacial score (nSPS) is 11.7. The van der Waals surface area contributed by atoms with Crippen LogP contribution in [-0.4, -0.2) is 18.5 Å². The Bertz CT molecular complexity index is 786. The van der Waals surface area contributed by atoms with Crippen LogP contribution in [0.5, 0.6) is 0 Å². The van der Waals surface area contributed by atoms with Crippen molar-refractivity contribution in [1.82, 2.24) is 10.6 Å². The maximum absolute atomic E-state index is 12.0. The van der Waals surface area contributed by atoms with E-state index in [9.17, 15) is 9.59 Å². The maximum atomic E-state index is 12.0. The second kappa shape index (κ2) is 8.20. The van der Waals surface area contributed by atoms with Crippen molar-refractivity contribution in [3.63, 3.8) is 0 Å². The average Bonchev–Trinajstić information content (AvgIpc) is 2.87. The Balaban J connectivity index is 1.83. The number of rotatable bonds is 5. The van der Waals surface area contributed by atoms with Crippen LogP contribution in [0.2, 0.25) is 0 Å². The molecule has 25 heavy (non-hydrogen) atoms. The highest BCUT2D eigenvalue weighted by Crippen LogP contribution is 2.21. The smallest absolute Gasteiger partial charge is 0.315 e. The van der Waals surface area contributed by atoms with Crippen molar-refractivity contribution in [3.05, 3.63) is 51.4 Å². The number of furan rings is 1. The second-order valence-electron chi connectivity index (χ2n) is 5.92. The summed E-state index contributed by atoms with van der Waals surface area (Å²) in [4.78, 5) is 24.0. The molecule has 6 nitrogen and oxygen atoms in total. The Morgan fingerprint density at radius 2 is 1.92 bits per heavy atom. The molecule has 1 aromatic carbocycles. The van der Waals surface area contributed by atoms with E-state index in [0.29, 0.717) is 5.69 Å². The van der Waals surface area contributed by atoms with Crippen molar-refractivity contribution in [1.29, 1.82) is 0 Å². The first kappa shape index (κ1) is 19.1. The van der Waals surface area contributed by atoms with Gasteiger partial charge in [0, 0.05) is 15.7 Å². The minimum absolute atomic E-state index is 0.114. The minimum Gasteiger partial charge on any atom is -0.466 e. The first-order chi connectivity index (χ1) is 11.8. The van der Waals surface area contributed by atoms with Crippen LogP contribution in [0.25, 0.3) is 0 Å². The number of nitrogens with one attached hydrogen (secondary N) is 3. The molecular formula is C18H22BrN3O3.